The predicted octanol–water partition coefficient (Wildman–Crippen LogP) is 3.24. The number of benzene rings is 1. The lowest BCUT2D eigenvalue weighted by atomic mass is 10.1. The minimum atomic E-state index is 0.376. The fourth-order valence-electron chi connectivity index (χ4n) is 2.39. The molecule has 4 heteroatoms. The van der Waals surface area contributed by atoms with Crippen molar-refractivity contribution in [3.05, 3.63) is 47.2 Å². The Hall–Kier alpha value is -2.54. The lowest BCUT2D eigenvalue weighted by Crippen LogP contribution is -1.97. The zero-order valence-corrected chi connectivity index (χ0v) is 11.2. The normalized spacial score (nSPS) is 12.6. The van der Waals surface area contributed by atoms with Crippen LogP contribution < -0.4 is 9.47 Å². The minimum absolute atomic E-state index is 0.376. The van der Waals surface area contributed by atoms with Crippen molar-refractivity contribution in [2.24, 2.45) is 0 Å². The number of ether oxygens (including phenoxy) is 2. The van der Waals surface area contributed by atoms with E-state index in [0.717, 1.165) is 25.0 Å². The van der Waals surface area contributed by atoms with Crippen LogP contribution in [0.4, 0.5) is 0 Å². The summed E-state index contributed by atoms with van der Waals surface area (Å²) in [5.74, 6) is 1.70. The molecule has 1 aromatic carbocycles. The molecule has 0 saturated heterocycles. The van der Waals surface area contributed by atoms with Crippen molar-refractivity contribution in [2.75, 3.05) is 7.11 Å². The largest absolute Gasteiger partial charge is 0.497 e. The lowest BCUT2D eigenvalue weighted by molar-refractivity contribution is 0.407. The van der Waals surface area contributed by atoms with Gasteiger partial charge in [-0.25, -0.2) is 4.98 Å². The van der Waals surface area contributed by atoms with Crippen LogP contribution in [0.25, 0.3) is 0 Å². The maximum atomic E-state index is 9.23. The predicted molar refractivity (Wildman–Crippen MR) is 74.0 cm³/mol. The zero-order valence-electron chi connectivity index (χ0n) is 11.2. The monoisotopic (exact) mass is 266 g/mol. The fraction of sp³-hybridized carbons (Fsp3) is 0.250. The first kappa shape index (κ1) is 12.5. The molecule has 2 aromatic rings. The summed E-state index contributed by atoms with van der Waals surface area (Å²) in [5.41, 5.74) is 2.69. The van der Waals surface area contributed by atoms with E-state index in [4.69, 9.17) is 9.47 Å². The number of methoxy groups -OCH3 is 1. The Morgan fingerprint density at radius 2 is 2.05 bits per heavy atom. The number of hydrogen-bond acceptors (Lipinski definition) is 4. The van der Waals surface area contributed by atoms with Gasteiger partial charge in [0.25, 0.3) is 0 Å². The van der Waals surface area contributed by atoms with E-state index >= 15 is 0 Å². The standard InChI is InChI=1S/C16H14N2O2/c1-19-13-5-3-6-14(9-13)20-16-12(10-17)8-11-4-2-7-15(11)18-16/h3,5-6,8-9H,2,4,7H2,1H3. The first-order chi connectivity index (χ1) is 9.80. The van der Waals surface area contributed by atoms with Crippen LogP contribution in [0.5, 0.6) is 17.4 Å². The SMILES string of the molecule is COc1cccc(Oc2nc3c(cc2C#N)CCC3)c1. The van der Waals surface area contributed by atoms with Gasteiger partial charge in [-0.1, -0.05) is 6.07 Å². The average Bonchev–Trinajstić information content (AvgIpc) is 2.93. The van der Waals surface area contributed by atoms with Gasteiger partial charge in [-0.15, -0.1) is 0 Å². The molecule has 100 valence electrons. The van der Waals surface area contributed by atoms with E-state index in [1.165, 1.54) is 5.56 Å². The van der Waals surface area contributed by atoms with E-state index in [0.29, 0.717) is 22.9 Å². The first-order valence-electron chi connectivity index (χ1n) is 6.55. The van der Waals surface area contributed by atoms with Crippen molar-refractivity contribution in [1.29, 1.82) is 5.26 Å². The molecule has 0 aliphatic heterocycles. The number of aryl methyl sites for hydroxylation is 2. The topological polar surface area (TPSA) is 55.1 Å². The van der Waals surface area contributed by atoms with Crippen molar-refractivity contribution < 1.29 is 9.47 Å². The van der Waals surface area contributed by atoms with Crippen LogP contribution in [0.1, 0.15) is 23.2 Å². The molecule has 0 radical (unpaired) electrons. The van der Waals surface area contributed by atoms with Gasteiger partial charge in [0.2, 0.25) is 5.88 Å². The van der Waals surface area contributed by atoms with Gasteiger partial charge in [0.15, 0.2) is 0 Å². The maximum absolute atomic E-state index is 9.23. The molecular formula is C16H14N2O2. The van der Waals surface area contributed by atoms with Crippen molar-refractivity contribution in [2.45, 2.75) is 19.3 Å². The molecular weight excluding hydrogens is 252 g/mol. The van der Waals surface area contributed by atoms with Crippen molar-refractivity contribution in [1.82, 2.24) is 4.98 Å². The number of fused-ring (bicyclic) bond motifs is 1. The first-order valence-corrected chi connectivity index (χ1v) is 6.55. The van der Waals surface area contributed by atoms with Crippen molar-refractivity contribution in [3.8, 4) is 23.4 Å². The van der Waals surface area contributed by atoms with E-state index in [9.17, 15) is 5.26 Å². The van der Waals surface area contributed by atoms with Crippen LogP contribution in [0.2, 0.25) is 0 Å². The van der Waals surface area contributed by atoms with E-state index in [1.54, 1.807) is 13.2 Å². The van der Waals surface area contributed by atoms with Crippen LogP contribution >= 0.6 is 0 Å². The molecule has 1 aliphatic carbocycles. The molecule has 0 N–H and O–H groups in total. The van der Waals surface area contributed by atoms with E-state index in [1.807, 2.05) is 24.3 Å². The molecule has 0 amide bonds. The molecule has 0 fully saturated rings. The molecule has 0 unspecified atom stereocenters. The lowest BCUT2D eigenvalue weighted by Gasteiger charge is -2.09. The number of rotatable bonds is 3. The number of pyridine rings is 1. The molecule has 0 bridgehead atoms. The Morgan fingerprint density at radius 1 is 1.20 bits per heavy atom. The number of aromatic nitrogens is 1. The Balaban J connectivity index is 1.96. The highest BCUT2D eigenvalue weighted by molar-refractivity contribution is 5.46. The second-order valence-electron chi connectivity index (χ2n) is 4.69. The van der Waals surface area contributed by atoms with Crippen LogP contribution in [-0.4, -0.2) is 12.1 Å². The Morgan fingerprint density at radius 3 is 2.85 bits per heavy atom. The molecule has 1 aromatic heterocycles. The molecule has 0 spiro atoms. The third-order valence-electron chi connectivity index (χ3n) is 3.39. The van der Waals surface area contributed by atoms with Crippen LogP contribution in [-0.2, 0) is 12.8 Å². The number of nitriles is 1. The summed E-state index contributed by atoms with van der Waals surface area (Å²) < 4.78 is 10.9. The van der Waals surface area contributed by atoms with Crippen LogP contribution in [0.15, 0.2) is 30.3 Å². The van der Waals surface area contributed by atoms with E-state index < -0.39 is 0 Å². The van der Waals surface area contributed by atoms with Crippen molar-refractivity contribution in [3.63, 3.8) is 0 Å². The molecule has 1 aliphatic rings. The summed E-state index contributed by atoms with van der Waals surface area (Å²) in [6, 6.07) is 11.3. The van der Waals surface area contributed by atoms with Crippen LogP contribution in [0.3, 0.4) is 0 Å². The third-order valence-corrected chi connectivity index (χ3v) is 3.39. The van der Waals surface area contributed by atoms with Gasteiger partial charge >= 0.3 is 0 Å². The summed E-state index contributed by atoms with van der Waals surface area (Å²) in [4.78, 5) is 4.49. The molecule has 1 heterocycles. The van der Waals surface area contributed by atoms with Gasteiger partial charge in [0, 0.05) is 11.8 Å². The maximum Gasteiger partial charge on any atom is 0.237 e. The zero-order chi connectivity index (χ0) is 13.9. The quantitative estimate of drug-likeness (QED) is 0.855. The van der Waals surface area contributed by atoms with Gasteiger partial charge < -0.3 is 9.47 Å². The van der Waals surface area contributed by atoms with Gasteiger partial charge in [-0.3, -0.25) is 0 Å². The second kappa shape index (κ2) is 5.22. The van der Waals surface area contributed by atoms with Crippen LogP contribution in [0, 0.1) is 11.3 Å². The van der Waals surface area contributed by atoms with Crippen molar-refractivity contribution >= 4 is 0 Å². The molecule has 0 atom stereocenters. The summed E-state index contributed by atoms with van der Waals surface area (Å²) >= 11 is 0. The summed E-state index contributed by atoms with van der Waals surface area (Å²) in [6.45, 7) is 0. The Labute approximate surface area is 117 Å². The van der Waals surface area contributed by atoms with Gasteiger partial charge in [0.05, 0.1) is 7.11 Å². The van der Waals surface area contributed by atoms with E-state index in [2.05, 4.69) is 11.1 Å². The number of hydrogen-bond donors (Lipinski definition) is 0. The minimum Gasteiger partial charge on any atom is -0.497 e. The highest BCUT2D eigenvalue weighted by Crippen LogP contribution is 2.30. The van der Waals surface area contributed by atoms with Gasteiger partial charge in [-0.05, 0) is 43.0 Å². The van der Waals surface area contributed by atoms with Gasteiger partial charge in [-0.2, -0.15) is 5.26 Å². The summed E-state index contributed by atoms with van der Waals surface area (Å²) in [6.07, 6.45) is 3.04. The Kier molecular flexibility index (Phi) is 3.26. The fourth-order valence-corrected chi connectivity index (χ4v) is 2.39. The third kappa shape index (κ3) is 2.30. The highest BCUT2D eigenvalue weighted by atomic mass is 16.5. The highest BCUT2D eigenvalue weighted by Gasteiger charge is 2.17. The average molecular weight is 266 g/mol. The second-order valence-corrected chi connectivity index (χ2v) is 4.69. The molecule has 4 nitrogen and oxygen atoms in total. The van der Waals surface area contributed by atoms with Gasteiger partial charge in [0.1, 0.15) is 23.1 Å². The summed E-state index contributed by atoms with van der Waals surface area (Å²) in [7, 11) is 1.60. The molecule has 20 heavy (non-hydrogen) atoms. The number of nitrogens with zero attached hydrogens (tertiary/aromatic N) is 2. The molecule has 3 rings (SSSR count). The Bertz CT molecular complexity index is 689. The smallest absolute Gasteiger partial charge is 0.237 e. The van der Waals surface area contributed by atoms with E-state index in [-0.39, 0.29) is 0 Å². The summed E-state index contributed by atoms with van der Waals surface area (Å²) in [5, 5.41) is 9.23. The molecule has 0 saturated carbocycles.